The van der Waals surface area contributed by atoms with Gasteiger partial charge >= 0.3 is 0 Å². The molecule has 0 radical (unpaired) electrons. The highest BCUT2D eigenvalue weighted by Gasteiger charge is 2.38. The molecule has 0 saturated carbocycles. The van der Waals surface area contributed by atoms with E-state index in [0.717, 1.165) is 12.8 Å². The lowest BCUT2D eigenvalue weighted by Gasteiger charge is -2.17. The van der Waals surface area contributed by atoms with Gasteiger partial charge in [-0.15, -0.1) is 0 Å². The van der Waals surface area contributed by atoms with E-state index in [0.29, 0.717) is 12.3 Å². The number of nitrogens with one attached hydrogen (secondary N) is 1. The van der Waals surface area contributed by atoms with Gasteiger partial charge in [0, 0.05) is 30.3 Å². The third kappa shape index (κ3) is 3.56. The number of imidazole rings is 1. The molecule has 1 aromatic heterocycles. The molecule has 3 aromatic rings. The van der Waals surface area contributed by atoms with Crippen LogP contribution >= 0.6 is 0 Å². The second kappa shape index (κ2) is 8.01. The number of carbonyl (C=O) groups excluding carboxylic acids is 3. The van der Waals surface area contributed by atoms with Gasteiger partial charge in [-0.3, -0.25) is 19.3 Å². The molecular weight excluding hydrogens is 415 g/mol. The Bertz CT molecular complexity index is 1220. The van der Waals surface area contributed by atoms with Gasteiger partial charge in [0.25, 0.3) is 17.7 Å². The summed E-state index contributed by atoms with van der Waals surface area (Å²) in [6.07, 6.45) is 6.18. The van der Waals surface area contributed by atoms with Gasteiger partial charge in [0.15, 0.2) is 0 Å². The molecule has 9 heteroatoms. The molecule has 3 heterocycles. The van der Waals surface area contributed by atoms with Gasteiger partial charge in [0.2, 0.25) is 0 Å². The van der Waals surface area contributed by atoms with Crippen molar-refractivity contribution in [3.63, 3.8) is 0 Å². The van der Waals surface area contributed by atoms with E-state index in [9.17, 15) is 18.8 Å². The normalized spacial score (nSPS) is 17.7. The summed E-state index contributed by atoms with van der Waals surface area (Å²) in [6.45, 7) is 0.832. The second-order valence-corrected chi connectivity index (χ2v) is 7.71. The molecule has 1 atom stereocenters. The van der Waals surface area contributed by atoms with Gasteiger partial charge in [-0.2, -0.15) is 0 Å². The molecule has 3 amide bonds. The highest BCUT2D eigenvalue weighted by molar-refractivity contribution is 6.22. The number of hydrogen-bond donors (Lipinski definition) is 1. The molecule has 2 aliphatic rings. The van der Waals surface area contributed by atoms with Crippen molar-refractivity contribution in [3.8, 4) is 5.69 Å². The average molecular weight is 434 g/mol. The summed E-state index contributed by atoms with van der Waals surface area (Å²) in [5.74, 6) is -1.86. The minimum Gasteiger partial charge on any atom is -0.376 e. The van der Waals surface area contributed by atoms with E-state index in [4.69, 9.17) is 4.74 Å². The van der Waals surface area contributed by atoms with Crippen molar-refractivity contribution in [1.29, 1.82) is 0 Å². The fourth-order valence-electron chi connectivity index (χ4n) is 3.99. The van der Waals surface area contributed by atoms with Crippen LogP contribution in [0.2, 0.25) is 0 Å². The van der Waals surface area contributed by atoms with Crippen molar-refractivity contribution in [2.45, 2.75) is 18.9 Å². The predicted octanol–water partition coefficient (Wildman–Crippen LogP) is 3.04. The summed E-state index contributed by atoms with van der Waals surface area (Å²) >= 11 is 0. The standard InChI is InChI=1S/C23H19FN4O4/c24-19-11-15(4-6-20(19)27-8-7-25-13-27)26-21(29)14-3-5-17-18(10-14)23(31)28(22(17)30)12-16-2-1-9-32-16/h3-8,10-11,13,16H,1-2,9,12H2,(H,26,29). The molecule has 2 aliphatic heterocycles. The number of ether oxygens (including phenoxy) is 1. The predicted molar refractivity (Wildman–Crippen MR) is 112 cm³/mol. The Hall–Kier alpha value is -3.85. The number of amides is 3. The van der Waals surface area contributed by atoms with Crippen molar-refractivity contribution < 1.29 is 23.5 Å². The SMILES string of the molecule is O=C(Nc1ccc(-n2ccnc2)c(F)c1)c1ccc2c(c1)C(=O)N(CC1CCCO1)C2=O. The molecule has 0 spiro atoms. The molecule has 0 bridgehead atoms. The first-order chi connectivity index (χ1) is 15.5. The molecule has 32 heavy (non-hydrogen) atoms. The lowest BCUT2D eigenvalue weighted by Crippen LogP contribution is -2.36. The van der Waals surface area contributed by atoms with Crippen LogP contribution in [-0.4, -0.2) is 51.4 Å². The third-order valence-corrected chi connectivity index (χ3v) is 5.63. The summed E-state index contributed by atoms with van der Waals surface area (Å²) < 4.78 is 21.5. The molecule has 8 nitrogen and oxygen atoms in total. The number of rotatable bonds is 5. The van der Waals surface area contributed by atoms with Crippen molar-refractivity contribution in [2.75, 3.05) is 18.5 Å². The van der Waals surface area contributed by atoms with Crippen LogP contribution in [0, 0.1) is 5.82 Å². The Kier molecular flexibility index (Phi) is 5.02. The maximum Gasteiger partial charge on any atom is 0.261 e. The maximum atomic E-state index is 14.5. The zero-order valence-electron chi connectivity index (χ0n) is 17.0. The van der Waals surface area contributed by atoms with Gasteiger partial charge in [-0.1, -0.05) is 0 Å². The number of hydrogen-bond acceptors (Lipinski definition) is 5. The lowest BCUT2D eigenvalue weighted by molar-refractivity contribution is 0.0475. The number of nitrogens with zero attached hydrogens (tertiary/aromatic N) is 3. The summed E-state index contributed by atoms with van der Waals surface area (Å²) in [4.78, 5) is 43.2. The van der Waals surface area contributed by atoms with Crippen LogP contribution in [0.15, 0.2) is 55.1 Å². The summed E-state index contributed by atoms with van der Waals surface area (Å²) in [5.41, 5.74) is 1.21. The fourth-order valence-corrected chi connectivity index (χ4v) is 3.99. The van der Waals surface area contributed by atoms with Crippen molar-refractivity contribution in [3.05, 3.63) is 77.6 Å². The Labute approximate surface area is 182 Å². The molecule has 1 fully saturated rings. The molecule has 1 N–H and O–H groups in total. The number of anilines is 1. The van der Waals surface area contributed by atoms with Crippen LogP contribution in [0.1, 0.15) is 43.9 Å². The quantitative estimate of drug-likeness (QED) is 0.623. The van der Waals surface area contributed by atoms with Crippen LogP contribution in [0.4, 0.5) is 10.1 Å². The summed E-state index contributed by atoms with van der Waals surface area (Å²) in [7, 11) is 0. The zero-order chi connectivity index (χ0) is 22.2. The number of benzene rings is 2. The molecule has 162 valence electrons. The highest BCUT2D eigenvalue weighted by Crippen LogP contribution is 2.27. The van der Waals surface area contributed by atoms with Crippen LogP contribution in [0.5, 0.6) is 0 Å². The van der Waals surface area contributed by atoms with Crippen molar-refractivity contribution in [1.82, 2.24) is 14.5 Å². The Balaban J connectivity index is 1.33. The molecule has 1 unspecified atom stereocenters. The van der Waals surface area contributed by atoms with E-state index in [1.165, 1.54) is 52.3 Å². The lowest BCUT2D eigenvalue weighted by atomic mass is 10.1. The number of halogens is 1. The molecule has 5 rings (SSSR count). The molecule has 0 aliphatic carbocycles. The highest BCUT2D eigenvalue weighted by atomic mass is 19.1. The topological polar surface area (TPSA) is 93.5 Å². The first-order valence-corrected chi connectivity index (χ1v) is 10.2. The van der Waals surface area contributed by atoms with Gasteiger partial charge in [-0.05, 0) is 49.2 Å². The van der Waals surface area contributed by atoms with Crippen LogP contribution < -0.4 is 5.32 Å². The summed E-state index contributed by atoms with van der Waals surface area (Å²) in [6, 6.07) is 8.66. The largest absolute Gasteiger partial charge is 0.376 e. The second-order valence-electron chi connectivity index (χ2n) is 7.71. The van der Waals surface area contributed by atoms with Gasteiger partial charge in [0.1, 0.15) is 5.82 Å². The third-order valence-electron chi connectivity index (χ3n) is 5.63. The monoisotopic (exact) mass is 434 g/mol. The number of aromatic nitrogens is 2. The maximum absolute atomic E-state index is 14.5. The molecule has 2 aromatic carbocycles. The number of imide groups is 1. The Morgan fingerprint density at radius 2 is 2.00 bits per heavy atom. The number of carbonyl (C=O) groups is 3. The van der Waals surface area contributed by atoms with E-state index in [1.807, 2.05) is 0 Å². The Morgan fingerprint density at radius 3 is 2.72 bits per heavy atom. The summed E-state index contributed by atoms with van der Waals surface area (Å²) in [5, 5.41) is 2.63. The average Bonchev–Trinajstić information content (AvgIpc) is 3.54. The van der Waals surface area contributed by atoms with Gasteiger partial charge in [-0.25, -0.2) is 9.37 Å². The van der Waals surface area contributed by atoms with E-state index >= 15 is 0 Å². The first kappa shape index (κ1) is 20.1. The molecular formula is C23H19FN4O4. The van der Waals surface area contributed by atoms with E-state index in [-0.39, 0.29) is 40.9 Å². The smallest absolute Gasteiger partial charge is 0.261 e. The molecule has 1 saturated heterocycles. The van der Waals surface area contributed by atoms with Crippen molar-refractivity contribution >= 4 is 23.4 Å². The van der Waals surface area contributed by atoms with Crippen LogP contribution in [-0.2, 0) is 4.74 Å². The zero-order valence-corrected chi connectivity index (χ0v) is 17.0. The van der Waals surface area contributed by atoms with Gasteiger partial charge < -0.3 is 14.6 Å². The first-order valence-electron chi connectivity index (χ1n) is 10.2. The van der Waals surface area contributed by atoms with E-state index in [2.05, 4.69) is 10.3 Å². The van der Waals surface area contributed by atoms with E-state index < -0.39 is 17.6 Å². The van der Waals surface area contributed by atoms with Crippen LogP contribution in [0.25, 0.3) is 5.69 Å². The van der Waals surface area contributed by atoms with Crippen molar-refractivity contribution in [2.24, 2.45) is 0 Å². The van der Waals surface area contributed by atoms with E-state index in [1.54, 1.807) is 12.3 Å². The number of fused-ring (bicyclic) bond motifs is 1. The minimum atomic E-state index is -0.527. The minimum absolute atomic E-state index is 0.153. The van der Waals surface area contributed by atoms with Crippen LogP contribution in [0.3, 0.4) is 0 Å². The fraction of sp³-hybridized carbons (Fsp3) is 0.217. The Morgan fingerprint density at radius 1 is 1.16 bits per heavy atom. The van der Waals surface area contributed by atoms with Gasteiger partial charge in [0.05, 0.1) is 35.8 Å².